The highest BCUT2D eigenvalue weighted by Crippen LogP contribution is 2.29. The summed E-state index contributed by atoms with van der Waals surface area (Å²) in [7, 11) is 0. The Balaban J connectivity index is 1.93. The van der Waals surface area contributed by atoms with Crippen LogP contribution >= 0.6 is 11.8 Å². The van der Waals surface area contributed by atoms with Crippen molar-refractivity contribution < 1.29 is 9.59 Å². The van der Waals surface area contributed by atoms with E-state index in [9.17, 15) is 9.59 Å². The summed E-state index contributed by atoms with van der Waals surface area (Å²) >= 11 is 1.66. The van der Waals surface area contributed by atoms with E-state index in [1.165, 1.54) is 12.8 Å². The van der Waals surface area contributed by atoms with Gasteiger partial charge in [0.1, 0.15) is 6.04 Å². The average Bonchev–Trinajstić information content (AvgIpc) is 2.99. The van der Waals surface area contributed by atoms with Gasteiger partial charge in [0.05, 0.1) is 5.88 Å². The van der Waals surface area contributed by atoms with Gasteiger partial charge in [0.2, 0.25) is 11.8 Å². The third-order valence-corrected chi connectivity index (χ3v) is 4.36. The molecule has 18 heavy (non-hydrogen) atoms. The van der Waals surface area contributed by atoms with Gasteiger partial charge in [0.25, 0.3) is 0 Å². The summed E-state index contributed by atoms with van der Waals surface area (Å²) in [6.07, 6.45) is 2.45. The number of thioether (sulfide) groups is 1. The number of amides is 2. The molecular formula is C13H22N2O2S. The molecule has 2 fully saturated rings. The molecule has 0 bridgehead atoms. The van der Waals surface area contributed by atoms with Crippen molar-refractivity contribution in [3.05, 3.63) is 0 Å². The van der Waals surface area contributed by atoms with Crippen LogP contribution in [-0.2, 0) is 9.59 Å². The largest absolute Gasteiger partial charge is 0.354 e. The van der Waals surface area contributed by atoms with Crippen LogP contribution in [0, 0.1) is 11.3 Å². The van der Waals surface area contributed by atoms with Crippen LogP contribution in [0.25, 0.3) is 0 Å². The van der Waals surface area contributed by atoms with E-state index < -0.39 is 5.41 Å². The zero-order valence-electron chi connectivity index (χ0n) is 11.4. The molecule has 2 rings (SSSR count). The molecule has 2 amide bonds. The Hall–Kier alpha value is -0.710. The Bertz CT molecular complexity index is 347. The highest BCUT2D eigenvalue weighted by Gasteiger charge is 2.39. The van der Waals surface area contributed by atoms with Crippen molar-refractivity contribution in [1.82, 2.24) is 10.2 Å². The van der Waals surface area contributed by atoms with Crippen molar-refractivity contribution in [2.45, 2.75) is 39.7 Å². The maximum atomic E-state index is 12.3. The SMILES string of the molecule is CC(C)(C)C(=O)N1CSC[C@@H]1C(=O)NCC1CC1. The van der Waals surface area contributed by atoms with Gasteiger partial charge in [-0.15, -0.1) is 11.8 Å². The summed E-state index contributed by atoms with van der Waals surface area (Å²) in [4.78, 5) is 26.1. The summed E-state index contributed by atoms with van der Waals surface area (Å²) in [5.74, 6) is 2.12. The summed E-state index contributed by atoms with van der Waals surface area (Å²) in [6.45, 7) is 6.48. The molecule has 1 N–H and O–H groups in total. The minimum Gasteiger partial charge on any atom is -0.354 e. The molecule has 1 saturated carbocycles. The summed E-state index contributed by atoms with van der Waals surface area (Å²) in [6, 6.07) is -0.277. The lowest BCUT2D eigenvalue weighted by Gasteiger charge is -2.29. The lowest BCUT2D eigenvalue weighted by atomic mass is 9.94. The fourth-order valence-electron chi connectivity index (χ4n) is 1.98. The van der Waals surface area contributed by atoms with E-state index >= 15 is 0 Å². The minimum absolute atomic E-state index is 0.0181. The Labute approximate surface area is 113 Å². The number of carbonyl (C=O) groups excluding carboxylic acids is 2. The monoisotopic (exact) mass is 270 g/mol. The van der Waals surface area contributed by atoms with E-state index in [0.29, 0.717) is 11.8 Å². The molecule has 102 valence electrons. The normalized spacial score (nSPS) is 24.2. The second-order valence-electron chi connectivity index (χ2n) is 6.23. The smallest absolute Gasteiger partial charge is 0.243 e. The second-order valence-corrected chi connectivity index (χ2v) is 7.23. The number of carbonyl (C=O) groups is 2. The first kappa shape index (κ1) is 13.7. The quantitative estimate of drug-likeness (QED) is 0.844. The van der Waals surface area contributed by atoms with Gasteiger partial charge in [-0.05, 0) is 18.8 Å². The fraction of sp³-hybridized carbons (Fsp3) is 0.846. The molecule has 2 aliphatic rings. The summed E-state index contributed by atoms with van der Waals surface area (Å²) < 4.78 is 0. The number of nitrogens with zero attached hydrogens (tertiary/aromatic N) is 1. The van der Waals surface area contributed by atoms with Gasteiger partial charge in [-0.3, -0.25) is 9.59 Å². The zero-order chi connectivity index (χ0) is 13.3. The molecule has 0 aromatic carbocycles. The van der Waals surface area contributed by atoms with Crippen LogP contribution in [0.3, 0.4) is 0 Å². The van der Waals surface area contributed by atoms with Crippen LogP contribution in [0.15, 0.2) is 0 Å². The molecule has 0 radical (unpaired) electrons. The van der Waals surface area contributed by atoms with Crippen molar-refractivity contribution in [3.8, 4) is 0 Å². The second kappa shape index (κ2) is 5.11. The van der Waals surface area contributed by atoms with Gasteiger partial charge in [-0.25, -0.2) is 0 Å². The van der Waals surface area contributed by atoms with E-state index in [0.717, 1.165) is 12.3 Å². The maximum absolute atomic E-state index is 12.3. The predicted octanol–water partition coefficient (Wildman–Crippen LogP) is 1.46. The van der Waals surface area contributed by atoms with Crippen LogP contribution in [0.1, 0.15) is 33.6 Å². The third-order valence-electron chi connectivity index (χ3n) is 3.35. The zero-order valence-corrected chi connectivity index (χ0v) is 12.2. The standard InChI is InChI=1S/C13H22N2O2S/c1-13(2,3)12(17)15-8-18-7-10(15)11(16)14-6-9-4-5-9/h9-10H,4-8H2,1-3H3,(H,14,16)/t10-/m1/s1. The van der Waals surface area contributed by atoms with Crippen LogP contribution in [0.2, 0.25) is 0 Å². The van der Waals surface area contributed by atoms with E-state index in [2.05, 4.69) is 5.32 Å². The summed E-state index contributed by atoms with van der Waals surface area (Å²) in [5.41, 5.74) is -0.417. The van der Waals surface area contributed by atoms with E-state index in [1.54, 1.807) is 16.7 Å². The van der Waals surface area contributed by atoms with Crippen molar-refractivity contribution in [3.63, 3.8) is 0 Å². The molecule has 1 aliphatic heterocycles. The number of nitrogens with one attached hydrogen (secondary N) is 1. The van der Waals surface area contributed by atoms with Crippen molar-refractivity contribution in [2.75, 3.05) is 18.2 Å². The maximum Gasteiger partial charge on any atom is 0.243 e. The first-order valence-corrected chi connectivity index (χ1v) is 7.71. The van der Waals surface area contributed by atoms with Crippen molar-refractivity contribution in [2.24, 2.45) is 11.3 Å². The molecule has 1 heterocycles. The van der Waals surface area contributed by atoms with E-state index in [-0.39, 0.29) is 17.9 Å². The Morgan fingerprint density at radius 1 is 1.33 bits per heavy atom. The van der Waals surface area contributed by atoms with Gasteiger partial charge in [0.15, 0.2) is 0 Å². The molecule has 4 nitrogen and oxygen atoms in total. The van der Waals surface area contributed by atoms with Gasteiger partial charge < -0.3 is 10.2 Å². The predicted molar refractivity (Wildman–Crippen MR) is 73.1 cm³/mol. The number of hydrogen-bond donors (Lipinski definition) is 1. The topological polar surface area (TPSA) is 49.4 Å². The van der Waals surface area contributed by atoms with Gasteiger partial charge >= 0.3 is 0 Å². The van der Waals surface area contributed by atoms with Crippen LogP contribution in [0.4, 0.5) is 0 Å². The highest BCUT2D eigenvalue weighted by molar-refractivity contribution is 7.99. The van der Waals surface area contributed by atoms with Gasteiger partial charge in [-0.2, -0.15) is 0 Å². The van der Waals surface area contributed by atoms with Crippen molar-refractivity contribution in [1.29, 1.82) is 0 Å². The average molecular weight is 270 g/mol. The van der Waals surface area contributed by atoms with Gasteiger partial charge in [-0.1, -0.05) is 20.8 Å². The molecule has 0 spiro atoms. The highest BCUT2D eigenvalue weighted by atomic mass is 32.2. The van der Waals surface area contributed by atoms with Gasteiger partial charge in [0, 0.05) is 17.7 Å². The fourth-order valence-corrected chi connectivity index (χ4v) is 3.13. The molecular weight excluding hydrogens is 248 g/mol. The van der Waals surface area contributed by atoms with Crippen LogP contribution in [0.5, 0.6) is 0 Å². The number of rotatable bonds is 3. The lowest BCUT2D eigenvalue weighted by Crippen LogP contribution is -2.50. The third kappa shape index (κ3) is 3.19. The molecule has 0 unspecified atom stereocenters. The summed E-state index contributed by atoms with van der Waals surface area (Å²) in [5, 5.41) is 2.98. The molecule has 0 aromatic heterocycles. The van der Waals surface area contributed by atoms with Crippen LogP contribution in [-0.4, -0.2) is 40.9 Å². The van der Waals surface area contributed by atoms with E-state index in [4.69, 9.17) is 0 Å². The Morgan fingerprint density at radius 2 is 2.00 bits per heavy atom. The Morgan fingerprint density at radius 3 is 2.56 bits per heavy atom. The molecule has 1 saturated heterocycles. The first-order chi connectivity index (χ1) is 8.39. The first-order valence-electron chi connectivity index (χ1n) is 6.56. The minimum atomic E-state index is -0.417. The molecule has 1 aliphatic carbocycles. The number of hydrogen-bond acceptors (Lipinski definition) is 3. The Kier molecular flexibility index (Phi) is 3.90. The molecule has 0 aromatic rings. The lowest BCUT2D eigenvalue weighted by molar-refractivity contribution is -0.144. The van der Waals surface area contributed by atoms with E-state index in [1.807, 2.05) is 20.8 Å². The van der Waals surface area contributed by atoms with Crippen molar-refractivity contribution >= 4 is 23.6 Å². The molecule has 1 atom stereocenters. The van der Waals surface area contributed by atoms with Crippen LogP contribution < -0.4 is 5.32 Å². The molecule has 5 heteroatoms.